The maximum absolute atomic E-state index is 4.41. The molecule has 0 atom stereocenters. The van der Waals surface area contributed by atoms with Crippen molar-refractivity contribution in [2.24, 2.45) is 4.99 Å². The summed E-state index contributed by atoms with van der Waals surface area (Å²) in [4.78, 5) is 6.73. The highest BCUT2D eigenvalue weighted by atomic mass is 127. The van der Waals surface area contributed by atoms with Gasteiger partial charge in [0.2, 0.25) is 0 Å². The van der Waals surface area contributed by atoms with Crippen LogP contribution in [0.2, 0.25) is 0 Å². The molecule has 2 heterocycles. The first-order valence-corrected chi connectivity index (χ1v) is 10.9. The van der Waals surface area contributed by atoms with Crippen LogP contribution in [0.4, 0.5) is 5.69 Å². The zero-order chi connectivity index (χ0) is 20.5. The van der Waals surface area contributed by atoms with E-state index in [1.54, 1.807) is 0 Å². The van der Waals surface area contributed by atoms with E-state index in [0.717, 1.165) is 63.2 Å². The van der Waals surface area contributed by atoms with Gasteiger partial charge in [-0.3, -0.25) is 4.99 Å². The van der Waals surface area contributed by atoms with Crippen molar-refractivity contribution >= 4 is 35.6 Å². The molecule has 1 aromatic heterocycles. The molecule has 3 rings (SSSR count). The third-order valence-electron chi connectivity index (χ3n) is 5.47. The molecule has 2 N–H and O–H groups in total. The molecule has 1 aromatic carbocycles. The lowest BCUT2D eigenvalue weighted by Crippen LogP contribution is -2.42. The smallest absolute Gasteiger partial charge is 0.191 e. The van der Waals surface area contributed by atoms with E-state index in [1.165, 1.54) is 30.5 Å². The number of likely N-dealkylation sites (N-methyl/N-ethyl adjacent to an activating group) is 1. The fraction of sp³-hybridized carbons (Fsp3) is 0.591. The number of nitrogens with one attached hydrogen (secondary N) is 2. The first-order chi connectivity index (χ1) is 14.2. The normalized spacial score (nSPS) is 13.8. The second kappa shape index (κ2) is 12.8. The van der Waals surface area contributed by atoms with Gasteiger partial charge in [0.1, 0.15) is 11.6 Å². The first kappa shape index (κ1) is 24.4. The van der Waals surface area contributed by atoms with Crippen molar-refractivity contribution in [2.45, 2.75) is 52.5 Å². The number of guanidine groups is 1. The molecule has 0 bridgehead atoms. The Bertz CT molecular complexity index is 803. The Kier molecular flexibility index (Phi) is 10.4. The van der Waals surface area contributed by atoms with Crippen LogP contribution in [0.25, 0.3) is 0 Å². The Morgan fingerprint density at radius 2 is 2.00 bits per heavy atom. The SMILES string of the molecule is CCN(CCNC(=NC)NCCc1nnc2n1CCCCC2)c1cccc(C)c1.I. The lowest BCUT2D eigenvalue weighted by Gasteiger charge is -2.24. The lowest BCUT2D eigenvalue weighted by atomic mass is 10.2. The van der Waals surface area contributed by atoms with E-state index in [9.17, 15) is 0 Å². The summed E-state index contributed by atoms with van der Waals surface area (Å²) >= 11 is 0. The van der Waals surface area contributed by atoms with Crippen LogP contribution in [-0.4, -0.2) is 54.0 Å². The van der Waals surface area contributed by atoms with E-state index in [-0.39, 0.29) is 24.0 Å². The van der Waals surface area contributed by atoms with E-state index < -0.39 is 0 Å². The molecule has 8 heteroatoms. The van der Waals surface area contributed by atoms with E-state index in [0.29, 0.717) is 0 Å². The molecule has 0 radical (unpaired) electrons. The van der Waals surface area contributed by atoms with Gasteiger partial charge in [-0.15, -0.1) is 34.2 Å². The summed E-state index contributed by atoms with van der Waals surface area (Å²) in [6.45, 7) is 8.92. The Morgan fingerprint density at radius 1 is 1.17 bits per heavy atom. The number of benzene rings is 1. The van der Waals surface area contributed by atoms with Crippen molar-refractivity contribution in [3.05, 3.63) is 41.5 Å². The summed E-state index contributed by atoms with van der Waals surface area (Å²) in [5, 5.41) is 15.6. The van der Waals surface area contributed by atoms with Crippen LogP contribution in [0.15, 0.2) is 29.3 Å². The molecule has 1 aliphatic heterocycles. The molecule has 1 aliphatic rings. The molecular formula is C22H36IN7. The van der Waals surface area contributed by atoms with Crippen LogP contribution >= 0.6 is 24.0 Å². The van der Waals surface area contributed by atoms with E-state index in [2.05, 4.69) is 73.4 Å². The first-order valence-electron chi connectivity index (χ1n) is 10.9. The van der Waals surface area contributed by atoms with Crippen molar-refractivity contribution in [3.8, 4) is 0 Å². The highest BCUT2D eigenvalue weighted by molar-refractivity contribution is 14.0. The van der Waals surface area contributed by atoms with Crippen LogP contribution < -0.4 is 15.5 Å². The van der Waals surface area contributed by atoms with Crippen molar-refractivity contribution in [3.63, 3.8) is 0 Å². The summed E-state index contributed by atoms with van der Waals surface area (Å²) in [5.41, 5.74) is 2.56. The minimum Gasteiger partial charge on any atom is -0.370 e. The van der Waals surface area contributed by atoms with Crippen LogP contribution in [0.1, 0.15) is 43.4 Å². The highest BCUT2D eigenvalue weighted by Gasteiger charge is 2.14. The molecular weight excluding hydrogens is 489 g/mol. The number of aliphatic imine (C=N–C) groups is 1. The van der Waals surface area contributed by atoms with Gasteiger partial charge in [-0.1, -0.05) is 18.6 Å². The minimum absolute atomic E-state index is 0. The Hall–Kier alpha value is -1.84. The standard InChI is InChI=1S/C22H35N7.HI/c1-4-28(19-10-8-9-18(2)17-19)16-14-25-22(23-3)24-13-12-21-27-26-20-11-6-5-7-15-29(20)21;/h8-10,17H,4-7,11-16H2,1-3H3,(H2,23,24,25);1H. The average Bonchev–Trinajstić information content (AvgIpc) is 2.95. The summed E-state index contributed by atoms with van der Waals surface area (Å²) < 4.78 is 2.31. The van der Waals surface area contributed by atoms with Crippen LogP contribution in [0.5, 0.6) is 0 Å². The fourth-order valence-electron chi connectivity index (χ4n) is 3.85. The Balaban J connectivity index is 0.00000320. The number of hydrogen-bond acceptors (Lipinski definition) is 4. The predicted molar refractivity (Wildman–Crippen MR) is 135 cm³/mol. The highest BCUT2D eigenvalue weighted by Crippen LogP contribution is 2.15. The van der Waals surface area contributed by atoms with Crippen molar-refractivity contribution in [1.82, 2.24) is 25.4 Å². The zero-order valence-electron chi connectivity index (χ0n) is 18.5. The van der Waals surface area contributed by atoms with Crippen molar-refractivity contribution in [2.75, 3.05) is 38.1 Å². The van der Waals surface area contributed by atoms with E-state index >= 15 is 0 Å². The lowest BCUT2D eigenvalue weighted by molar-refractivity contribution is 0.600. The second-order valence-corrected chi connectivity index (χ2v) is 7.59. The molecule has 166 valence electrons. The molecule has 0 unspecified atom stereocenters. The molecule has 30 heavy (non-hydrogen) atoms. The van der Waals surface area contributed by atoms with Crippen LogP contribution in [0, 0.1) is 6.92 Å². The van der Waals surface area contributed by atoms with Gasteiger partial charge < -0.3 is 20.1 Å². The van der Waals surface area contributed by atoms with Gasteiger partial charge in [-0.05, 0) is 44.4 Å². The van der Waals surface area contributed by atoms with Gasteiger partial charge in [0.25, 0.3) is 0 Å². The Morgan fingerprint density at radius 3 is 2.77 bits per heavy atom. The van der Waals surface area contributed by atoms with Crippen LogP contribution in [-0.2, 0) is 19.4 Å². The molecule has 0 spiro atoms. The number of rotatable bonds is 8. The van der Waals surface area contributed by atoms with Crippen LogP contribution in [0.3, 0.4) is 0 Å². The van der Waals surface area contributed by atoms with Crippen molar-refractivity contribution < 1.29 is 0 Å². The molecule has 0 amide bonds. The van der Waals surface area contributed by atoms with E-state index in [4.69, 9.17) is 0 Å². The van der Waals surface area contributed by atoms with E-state index in [1.807, 2.05) is 7.05 Å². The van der Waals surface area contributed by atoms with Crippen molar-refractivity contribution in [1.29, 1.82) is 0 Å². The summed E-state index contributed by atoms with van der Waals surface area (Å²) in [6.07, 6.45) is 5.65. The second-order valence-electron chi connectivity index (χ2n) is 7.59. The summed E-state index contributed by atoms with van der Waals surface area (Å²) in [6, 6.07) is 8.66. The molecule has 2 aromatic rings. The van der Waals surface area contributed by atoms with Gasteiger partial charge in [0.15, 0.2) is 5.96 Å². The minimum atomic E-state index is 0. The monoisotopic (exact) mass is 525 g/mol. The maximum atomic E-state index is 4.41. The Labute approximate surface area is 197 Å². The number of aryl methyl sites for hydroxylation is 2. The number of nitrogens with zero attached hydrogens (tertiary/aromatic N) is 5. The molecule has 7 nitrogen and oxygen atoms in total. The summed E-state index contributed by atoms with van der Waals surface area (Å²) in [7, 11) is 1.82. The quantitative estimate of drug-likeness (QED) is 0.315. The molecule has 0 saturated heterocycles. The van der Waals surface area contributed by atoms with Gasteiger partial charge in [0, 0.05) is 58.3 Å². The fourth-order valence-corrected chi connectivity index (χ4v) is 3.85. The molecule has 0 saturated carbocycles. The number of fused-ring (bicyclic) bond motifs is 1. The number of aromatic nitrogens is 3. The van der Waals surface area contributed by atoms with Gasteiger partial charge >= 0.3 is 0 Å². The number of halogens is 1. The maximum Gasteiger partial charge on any atom is 0.191 e. The largest absolute Gasteiger partial charge is 0.370 e. The van der Waals surface area contributed by atoms with Gasteiger partial charge in [-0.25, -0.2) is 0 Å². The third kappa shape index (κ3) is 6.85. The molecule has 0 fully saturated rings. The third-order valence-corrected chi connectivity index (χ3v) is 5.47. The predicted octanol–water partition coefficient (Wildman–Crippen LogP) is 3.16. The number of anilines is 1. The topological polar surface area (TPSA) is 70.4 Å². The summed E-state index contributed by atoms with van der Waals surface area (Å²) in [5.74, 6) is 3.07. The number of hydrogen-bond donors (Lipinski definition) is 2. The zero-order valence-corrected chi connectivity index (χ0v) is 20.9. The van der Waals surface area contributed by atoms with Gasteiger partial charge in [0.05, 0.1) is 0 Å². The van der Waals surface area contributed by atoms with Gasteiger partial charge in [-0.2, -0.15) is 0 Å². The average molecular weight is 525 g/mol. The molecule has 0 aliphatic carbocycles.